The fraction of sp³-hybridized carbons (Fsp3) is 0.346. The van der Waals surface area contributed by atoms with Gasteiger partial charge in [0.1, 0.15) is 11.8 Å². The summed E-state index contributed by atoms with van der Waals surface area (Å²) in [5, 5.41) is 4.50. The first-order valence-electron chi connectivity index (χ1n) is 11.1. The van der Waals surface area contributed by atoms with Crippen LogP contribution in [-0.2, 0) is 11.2 Å². The minimum absolute atomic E-state index is 0.0513. The van der Waals surface area contributed by atoms with Crippen LogP contribution >= 0.6 is 0 Å². The summed E-state index contributed by atoms with van der Waals surface area (Å²) in [6.07, 6.45) is 2.99. The number of aromatic nitrogens is 2. The van der Waals surface area contributed by atoms with Crippen molar-refractivity contribution in [3.05, 3.63) is 82.6 Å². The van der Waals surface area contributed by atoms with Gasteiger partial charge in [0.25, 0.3) is 5.56 Å². The van der Waals surface area contributed by atoms with E-state index in [1.807, 2.05) is 35.2 Å². The molecule has 1 aliphatic rings. The summed E-state index contributed by atoms with van der Waals surface area (Å²) in [6, 6.07) is 20.5. The molecule has 0 saturated carbocycles. The molecule has 0 radical (unpaired) electrons. The molecule has 2 aromatic carbocycles. The van der Waals surface area contributed by atoms with Crippen molar-refractivity contribution < 1.29 is 9.53 Å². The van der Waals surface area contributed by atoms with E-state index in [-0.39, 0.29) is 11.5 Å². The van der Waals surface area contributed by atoms with Crippen LogP contribution in [0.15, 0.2) is 71.5 Å². The van der Waals surface area contributed by atoms with Crippen LogP contribution in [-0.4, -0.2) is 40.8 Å². The zero-order chi connectivity index (χ0) is 22.5. The number of carbonyl (C=O) groups excluding carboxylic acids is 1. The van der Waals surface area contributed by atoms with Crippen LogP contribution in [0.5, 0.6) is 5.75 Å². The third-order valence-electron chi connectivity index (χ3n) is 6.23. The van der Waals surface area contributed by atoms with Gasteiger partial charge in [0, 0.05) is 24.7 Å². The summed E-state index contributed by atoms with van der Waals surface area (Å²) in [5.74, 6) is 1.28. The summed E-state index contributed by atoms with van der Waals surface area (Å²) in [7, 11) is 1.62. The fourth-order valence-corrected chi connectivity index (χ4v) is 4.29. The SMILES string of the molecule is COc1ccc(-c2ccc(=O)n(C(C)C(=O)N3CCC(Cc4ccccc4)CC3)n2)cc1. The Morgan fingerprint density at radius 3 is 2.38 bits per heavy atom. The van der Waals surface area contributed by atoms with Crippen LogP contribution < -0.4 is 10.3 Å². The van der Waals surface area contributed by atoms with Crippen molar-refractivity contribution in [2.24, 2.45) is 5.92 Å². The van der Waals surface area contributed by atoms with Crippen molar-refractivity contribution in [2.75, 3.05) is 20.2 Å². The lowest BCUT2D eigenvalue weighted by molar-refractivity contribution is -0.136. The fourth-order valence-electron chi connectivity index (χ4n) is 4.29. The molecule has 1 aliphatic heterocycles. The predicted molar refractivity (Wildman–Crippen MR) is 125 cm³/mol. The third-order valence-corrected chi connectivity index (χ3v) is 6.23. The zero-order valence-corrected chi connectivity index (χ0v) is 18.6. The molecule has 1 amide bonds. The Morgan fingerprint density at radius 2 is 1.72 bits per heavy atom. The van der Waals surface area contributed by atoms with Crippen molar-refractivity contribution in [2.45, 2.75) is 32.2 Å². The van der Waals surface area contributed by atoms with Crippen LogP contribution in [0.4, 0.5) is 0 Å². The number of piperidine rings is 1. The summed E-state index contributed by atoms with van der Waals surface area (Å²) >= 11 is 0. The number of amides is 1. The third kappa shape index (κ3) is 4.90. The smallest absolute Gasteiger partial charge is 0.267 e. The van der Waals surface area contributed by atoms with E-state index in [9.17, 15) is 9.59 Å². The Morgan fingerprint density at radius 1 is 1.03 bits per heavy atom. The van der Waals surface area contributed by atoms with Crippen molar-refractivity contribution in [1.82, 2.24) is 14.7 Å². The molecule has 6 nitrogen and oxygen atoms in total. The number of hydrogen-bond acceptors (Lipinski definition) is 4. The second-order valence-electron chi connectivity index (χ2n) is 8.36. The zero-order valence-electron chi connectivity index (χ0n) is 18.6. The Bertz CT molecular complexity index is 1100. The van der Waals surface area contributed by atoms with E-state index >= 15 is 0 Å². The van der Waals surface area contributed by atoms with E-state index in [4.69, 9.17) is 4.74 Å². The monoisotopic (exact) mass is 431 g/mol. The number of benzene rings is 2. The first kappa shape index (κ1) is 21.8. The predicted octanol–water partition coefficient (Wildman–Crippen LogP) is 3.96. The van der Waals surface area contributed by atoms with Gasteiger partial charge < -0.3 is 9.64 Å². The molecule has 0 bridgehead atoms. The highest BCUT2D eigenvalue weighted by atomic mass is 16.5. The van der Waals surface area contributed by atoms with Gasteiger partial charge in [-0.15, -0.1) is 0 Å². The van der Waals surface area contributed by atoms with Gasteiger partial charge in [0.15, 0.2) is 0 Å². The second kappa shape index (κ2) is 9.81. The van der Waals surface area contributed by atoms with Gasteiger partial charge in [-0.1, -0.05) is 30.3 Å². The first-order valence-corrected chi connectivity index (χ1v) is 11.1. The molecule has 3 aromatic rings. The van der Waals surface area contributed by atoms with Crippen LogP contribution in [0.1, 0.15) is 31.4 Å². The molecule has 166 valence electrons. The van der Waals surface area contributed by atoms with Gasteiger partial charge in [-0.05, 0) is 68.0 Å². The maximum Gasteiger partial charge on any atom is 0.267 e. The van der Waals surface area contributed by atoms with Crippen LogP contribution in [0, 0.1) is 5.92 Å². The maximum absolute atomic E-state index is 13.2. The number of likely N-dealkylation sites (tertiary alicyclic amines) is 1. The van der Waals surface area contributed by atoms with E-state index in [0.717, 1.165) is 30.6 Å². The topological polar surface area (TPSA) is 64.4 Å². The lowest BCUT2D eigenvalue weighted by atomic mass is 9.90. The average molecular weight is 432 g/mol. The standard InChI is InChI=1S/C26H29N3O3/c1-19(26(31)28-16-14-21(15-17-28)18-20-6-4-3-5-7-20)29-25(30)13-12-24(27-29)22-8-10-23(32-2)11-9-22/h3-13,19,21H,14-18H2,1-2H3. The highest BCUT2D eigenvalue weighted by Gasteiger charge is 2.28. The highest BCUT2D eigenvalue weighted by Crippen LogP contribution is 2.24. The van der Waals surface area contributed by atoms with Gasteiger partial charge in [0.2, 0.25) is 5.91 Å². The Labute approximate surface area is 188 Å². The number of hydrogen-bond donors (Lipinski definition) is 0. The van der Waals surface area contributed by atoms with E-state index in [2.05, 4.69) is 29.4 Å². The summed E-state index contributed by atoms with van der Waals surface area (Å²) in [6.45, 7) is 3.19. The Kier molecular flexibility index (Phi) is 6.69. The average Bonchev–Trinajstić information content (AvgIpc) is 2.85. The Hall–Kier alpha value is -3.41. The van der Waals surface area contributed by atoms with E-state index < -0.39 is 6.04 Å². The molecule has 1 fully saturated rings. The van der Waals surface area contributed by atoms with Crippen LogP contribution in [0.25, 0.3) is 11.3 Å². The molecule has 1 saturated heterocycles. The lowest BCUT2D eigenvalue weighted by Crippen LogP contribution is -2.44. The molecule has 2 heterocycles. The van der Waals surface area contributed by atoms with E-state index in [1.165, 1.54) is 16.3 Å². The molecule has 1 aromatic heterocycles. The van der Waals surface area contributed by atoms with Crippen molar-refractivity contribution in [1.29, 1.82) is 0 Å². The van der Waals surface area contributed by atoms with Gasteiger partial charge in [-0.25, -0.2) is 4.68 Å². The summed E-state index contributed by atoms with van der Waals surface area (Å²) in [5.41, 5.74) is 2.58. The van der Waals surface area contributed by atoms with Gasteiger partial charge in [0.05, 0.1) is 12.8 Å². The molecule has 0 spiro atoms. The number of ether oxygens (including phenoxy) is 1. The molecule has 0 aliphatic carbocycles. The number of methoxy groups -OCH3 is 1. The molecule has 4 rings (SSSR count). The normalized spacial score (nSPS) is 15.4. The second-order valence-corrected chi connectivity index (χ2v) is 8.36. The largest absolute Gasteiger partial charge is 0.497 e. The molecule has 0 N–H and O–H groups in total. The lowest BCUT2D eigenvalue weighted by Gasteiger charge is -2.33. The minimum atomic E-state index is -0.647. The van der Waals surface area contributed by atoms with Gasteiger partial charge in [-0.3, -0.25) is 9.59 Å². The quantitative estimate of drug-likeness (QED) is 0.593. The summed E-state index contributed by atoms with van der Waals surface area (Å²) < 4.78 is 6.50. The summed E-state index contributed by atoms with van der Waals surface area (Å²) in [4.78, 5) is 27.5. The molecular weight excluding hydrogens is 402 g/mol. The minimum Gasteiger partial charge on any atom is -0.497 e. The van der Waals surface area contributed by atoms with E-state index in [1.54, 1.807) is 20.1 Å². The molecule has 6 heteroatoms. The highest BCUT2D eigenvalue weighted by molar-refractivity contribution is 5.80. The first-order chi connectivity index (χ1) is 15.5. The van der Waals surface area contributed by atoms with Crippen molar-refractivity contribution in [3.63, 3.8) is 0 Å². The van der Waals surface area contributed by atoms with Crippen LogP contribution in [0.3, 0.4) is 0 Å². The number of rotatable bonds is 6. The molecule has 32 heavy (non-hydrogen) atoms. The van der Waals surface area contributed by atoms with Gasteiger partial charge in [-0.2, -0.15) is 5.10 Å². The Balaban J connectivity index is 1.43. The number of nitrogens with zero attached hydrogens (tertiary/aromatic N) is 3. The molecular formula is C26H29N3O3. The van der Waals surface area contributed by atoms with E-state index in [0.29, 0.717) is 24.7 Å². The molecule has 1 atom stereocenters. The number of carbonyl (C=O) groups is 1. The molecule has 1 unspecified atom stereocenters. The van der Waals surface area contributed by atoms with Crippen LogP contribution in [0.2, 0.25) is 0 Å². The van der Waals surface area contributed by atoms with Gasteiger partial charge >= 0.3 is 0 Å². The van der Waals surface area contributed by atoms with Crippen molar-refractivity contribution in [3.8, 4) is 17.0 Å². The van der Waals surface area contributed by atoms with Crippen molar-refractivity contribution >= 4 is 5.91 Å². The maximum atomic E-state index is 13.2.